The average Bonchev–Trinajstić information content (AvgIpc) is 2.97. The third kappa shape index (κ3) is 3.14. The van der Waals surface area contributed by atoms with Gasteiger partial charge in [-0.05, 0) is 19.1 Å². The molecule has 0 spiro atoms. The standard InChI is InChI=1S/C14H19N3O4/c1-14(15,8-18-2)13-16-12(21-17-13)10-6-5-9(19-3)7-11(10)20-4/h5-7H,8,15H2,1-4H3. The highest BCUT2D eigenvalue weighted by Gasteiger charge is 2.28. The average molecular weight is 293 g/mol. The Balaban J connectivity index is 2.38. The van der Waals surface area contributed by atoms with Crippen LogP contribution in [0.4, 0.5) is 0 Å². The number of nitrogens with zero attached hydrogens (tertiary/aromatic N) is 2. The van der Waals surface area contributed by atoms with E-state index in [1.54, 1.807) is 46.5 Å². The molecule has 0 radical (unpaired) electrons. The van der Waals surface area contributed by atoms with Gasteiger partial charge in [0.2, 0.25) is 0 Å². The smallest absolute Gasteiger partial charge is 0.261 e. The molecule has 1 unspecified atom stereocenters. The summed E-state index contributed by atoms with van der Waals surface area (Å²) in [6, 6.07) is 5.33. The number of hydrogen-bond donors (Lipinski definition) is 1. The number of rotatable bonds is 6. The van der Waals surface area contributed by atoms with Crippen molar-refractivity contribution in [1.29, 1.82) is 0 Å². The van der Waals surface area contributed by atoms with Gasteiger partial charge in [0, 0.05) is 13.2 Å². The molecule has 0 amide bonds. The van der Waals surface area contributed by atoms with E-state index in [4.69, 9.17) is 24.5 Å². The van der Waals surface area contributed by atoms with Crippen LogP contribution in [0, 0.1) is 0 Å². The number of nitrogens with two attached hydrogens (primary N) is 1. The molecule has 1 heterocycles. The Labute approximate surface area is 123 Å². The molecule has 0 aliphatic carbocycles. The summed E-state index contributed by atoms with van der Waals surface area (Å²) >= 11 is 0. The third-order valence-corrected chi connectivity index (χ3v) is 3.02. The predicted molar refractivity (Wildman–Crippen MR) is 76.3 cm³/mol. The molecule has 0 bridgehead atoms. The lowest BCUT2D eigenvalue weighted by molar-refractivity contribution is 0.135. The van der Waals surface area contributed by atoms with Crippen LogP contribution in [0.3, 0.4) is 0 Å². The first-order chi connectivity index (χ1) is 10.0. The fourth-order valence-electron chi connectivity index (χ4n) is 1.90. The van der Waals surface area contributed by atoms with Crippen molar-refractivity contribution >= 4 is 0 Å². The van der Waals surface area contributed by atoms with Crippen molar-refractivity contribution in [3.8, 4) is 23.0 Å². The van der Waals surface area contributed by atoms with E-state index < -0.39 is 5.54 Å². The lowest BCUT2D eigenvalue weighted by atomic mass is 10.1. The Morgan fingerprint density at radius 1 is 1.24 bits per heavy atom. The van der Waals surface area contributed by atoms with Crippen molar-refractivity contribution in [2.45, 2.75) is 12.5 Å². The molecule has 1 aromatic carbocycles. The van der Waals surface area contributed by atoms with Crippen molar-refractivity contribution in [3.05, 3.63) is 24.0 Å². The van der Waals surface area contributed by atoms with Gasteiger partial charge in [0.25, 0.3) is 5.89 Å². The van der Waals surface area contributed by atoms with E-state index in [1.807, 2.05) is 0 Å². The van der Waals surface area contributed by atoms with Gasteiger partial charge >= 0.3 is 0 Å². The van der Waals surface area contributed by atoms with E-state index >= 15 is 0 Å². The normalized spacial score (nSPS) is 13.8. The van der Waals surface area contributed by atoms with E-state index in [0.717, 1.165) is 0 Å². The van der Waals surface area contributed by atoms with Crippen LogP contribution in [0.2, 0.25) is 0 Å². The zero-order valence-electron chi connectivity index (χ0n) is 12.5. The highest BCUT2D eigenvalue weighted by atomic mass is 16.5. The first kappa shape index (κ1) is 15.3. The molecule has 7 nitrogen and oxygen atoms in total. The van der Waals surface area contributed by atoms with Crippen LogP contribution in [0.1, 0.15) is 12.7 Å². The molecule has 7 heteroatoms. The van der Waals surface area contributed by atoms with Crippen LogP contribution in [0.5, 0.6) is 11.5 Å². The Kier molecular flexibility index (Phi) is 4.44. The molecule has 1 atom stereocenters. The molecule has 21 heavy (non-hydrogen) atoms. The summed E-state index contributed by atoms with van der Waals surface area (Å²) in [7, 11) is 4.72. The molecule has 2 N–H and O–H groups in total. The lowest BCUT2D eigenvalue weighted by Crippen LogP contribution is -2.38. The van der Waals surface area contributed by atoms with E-state index in [2.05, 4.69) is 10.1 Å². The molecule has 0 fully saturated rings. The quantitative estimate of drug-likeness (QED) is 0.864. The van der Waals surface area contributed by atoms with Crippen molar-refractivity contribution in [2.75, 3.05) is 27.9 Å². The number of hydrogen-bond acceptors (Lipinski definition) is 7. The minimum atomic E-state index is -0.823. The number of benzene rings is 1. The maximum Gasteiger partial charge on any atom is 0.261 e. The van der Waals surface area contributed by atoms with Crippen molar-refractivity contribution in [1.82, 2.24) is 10.1 Å². The van der Waals surface area contributed by atoms with Gasteiger partial charge in [0.05, 0.1) is 26.4 Å². The summed E-state index contributed by atoms with van der Waals surface area (Å²) in [6.45, 7) is 2.06. The van der Waals surface area contributed by atoms with E-state index in [0.29, 0.717) is 28.8 Å². The monoisotopic (exact) mass is 293 g/mol. The van der Waals surface area contributed by atoms with Crippen LogP contribution >= 0.6 is 0 Å². The molecular formula is C14H19N3O4. The Morgan fingerprint density at radius 3 is 2.62 bits per heavy atom. The summed E-state index contributed by atoms with van der Waals surface area (Å²) in [5.41, 5.74) is 5.94. The highest BCUT2D eigenvalue weighted by Crippen LogP contribution is 2.32. The topological polar surface area (TPSA) is 92.6 Å². The van der Waals surface area contributed by atoms with Gasteiger partial charge in [-0.2, -0.15) is 4.98 Å². The number of ether oxygens (including phenoxy) is 3. The van der Waals surface area contributed by atoms with Crippen LogP contribution in [0.25, 0.3) is 11.5 Å². The van der Waals surface area contributed by atoms with E-state index in [-0.39, 0.29) is 6.61 Å². The summed E-state index contributed by atoms with van der Waals surface area (Å²) in [5.74, 6) is 1.96. The van der Waals surface area contributed by atoms with Crippen LogP contribution < -0.4 is 15.2 Å². The second kappa shape index (κ2) is 6.11. The van der Waals surface area contributed by atoms with Gasteiger partial charge in [0.1, 0.15) is 17.0 Å². The second-order valence-electron chi connectivity index (χ2n) is 4.84. The summed E-state index contributed by atoms with van der Waals surface area (Å²) in [5, 5.41) is 3.92. The maximum atomic E-state index is 6.09. The Bertz CT molecular complexity index is 610. The van der Waals surface area contributed by atoms with Gasteiger partial charge in [-0.15, -0.1) is 0 Å². The minimum Gasteiger partial charge on any atom is -0.497 e. The minimum absolute atomic E-state index is 0.283. The molecule has 0 aliphatic rings. The molecule has 2 rings (SSSR count). The van der Waals surface area contributed by atoms with Gasteiger partial charge in [-0.1, -0.05) is 5.16 Å². The molecule has 0 saturated carbocycles. The summed E-state index contributed by atoms with van der Waals surface area (Å²) in [4.78, 5) is 4.33. The zero-order valence-corrected chi connectivity index (χ0v) is 12.5. The fraction of sp³-hybridized carbons (Fsp3) is 0.429. The van der Waals surface area contributed by atoms with Gasteiger partial charge in [0.15, 0.2) is 5.82 Å². The second-order valence-corrected chi connectivity index (χ2v) is 4.84. The Hall–Kier alpha value is -2.12. The Morgan fingerprint density at radius 2 is 2.00 bits per heavy atom. The van der Waals surface area contributed by atoms with Crippen LogP contribution in [-0.4, -0.2) is 38.1 Å². The predicted octanol–water partition coefficient (Wildman–Crippen LogP) is 1.57. The number of methoxy groups -OCH3 is 3. The largest absolute Gasteiger partial charge is 0.497 e. The van der Waals surface area contributed by atoms with Crippen molar-refractivity contribution in [2.24, 2.45) is 5.73 Å². The van der Waals surface area contributed by atoms with Gasteiger partial charge in [-0.25, -0.2) is 0 Å². The zero-order chi connectivity index (χ0) is 15.5. The maximum absolute atomic E-state index is 6.09. The lowest BCUT2D eigenvalue weighted by Gasteiger charge is -2.18. The highest BCUT2D eigenvalue weighted by molar-refractivity contribution is 5.64. The first-order valence-corrected chi connectivity index (χ1v) is 6.36. The molecule has 1 aromatic heterocycles. The molecule has 2 aromatic rings. The fourth-order valence-corrected chi connectivity index (χ4v) is 1.90. The summed E-state index contributed by atoms with van der Waals surface area (Å²) < 4.78 is 20.8. The number of aromatic nitrogens is 2. The van der Waals surface area contributed by atoms with Gasteiger partial charge in [-0.3, -0.25) is 0 Å². The molecule has 0 aliphatic heterocycles. The van der Waals surface area contributed by atoms with E-state index in [1.165, 1.54) is 0 Å². The van der Waals surface area contributed by atoms with Crippen molar-refractivity contribution in [3.63, 3.8) is 0 Å². The molecule has 114 valence electrons. The molecule has 0 saturated heterocycles. The van der Waals surface area contributed by atoms with Gasteiger partial charge < -0.3 is 24.5 Å². The van der Waals surface area contributed by atoms with E-state index in [9.17, 15) is 0 Å². The first-order valence-electron chi connectivity index (χ1n) is 6.36. The summed E-state index contributed by atoms with van der Waals surface area (Å²) in [6.07, 6.45) is 0. The van der Waals surface area contributed by atoms with Crippen LogP contribution in [-0.2, 0) is 10.3 Å². The molecular weight excluding hydrogens is 274 g/mol. The van der Waals surface area contributed by atoms with Crippen LogP contribution in [0.15, 0.2) is 22.7 Å². The third-order valence-electron chi connectivity index (χ3n) is 3.02. The van der Waals surface area contributed by atoms with Crippen molar-refractivity contribution < 1.29 is 18.7 Å². The SMILES string of the molecule is COCC(C)(N)c1noc(-c2ccc(OC)cc2OC)n1.